The zero-order chi connectivity index (χ0) is 15.0. The first-order chi connectivity index (χ1) is 9.54. The van der Waals surface area contributed by atoms with Crippen LogP contribution in [0.15, 0.2) is 24.3 Å². The van der Waals surface area contributed by atoms with Crippen LogP contribution in [0.3, 0.4) is 0 Å². The molecule has 4 nitrogen and oxygen atoms in total. The number of hydrogen-bond donors (Lipinski definition) is 2. The molecule has 1 aromatic rings. The fourth-order valence-corrected chi connectivity index (χ4v) is 1.61. The predicted octanol–water partition coefficient (Wildman–Crippen LogP) is 2.13. The molecule has 0 heterocycles. The van der Waals surface area contributed by atoms with E-state index in [0.717, 1.165) is 12.5 Å². The van der Waals surface area contributed by atoms with Gasteiger partial charge in [0.15, 0.2) is 0 Å². The van der Waals surface area contributed by atoms with Gasteiger partial charge in [0.05, 0.1) is 11.6 Å². The summed E-state index contributed by atoms with van der Waals surface area (Å²) >= 11 is 5.81. The van der Waals surface area contributed by atoms with Gasteiger partial charge in [0.2, 0.25) is 11.8 Å². The normalized spacial score (nSPS) is 10.6. The number of amides is 2. The van der Waals surface area contributed by atoms with Crippen LogP contribution < -0.4 is 10.6 Å². The van der Waals surface area contributed by atoms with E-state index in [0.29, 0.717) is 6.54 Å². The number of carbonyl (C=O) groups excluding carboxylic acids is 2. The van der Waals surface area contributed by atoms with Crippen LogP contribution in [0.2, 0.25) is 5.02 Å². The van der Waals surface area contributed by atoms with Gasteiger partial charge in [0.25, 0.3) is 0 Å². The summed E-state index contributed by atoms with van der Waals surface area (Å²) in [7, 11) is 0. The third-order valence-corrected chi connectivity index (χ3v) is 2.73. The molecule has 2 amide bonds. The Kier molecular flexibility index (Phi) is 6.73. The Morgan fingerprint density at radius 1 is 1.35 bits per heavy atom. The highest BCUT2D eigenvalue weighted by molar-refractivity contribution is 6.32. The number of benzene rings is 1. The van der Waals surface area contributed by atoms with E-state index in [1.807, 2.05) is 6.92 Å². The minimum absolute atomic E-state index is 0.117. The molecular formula is C14H16ClFN2O2. The van der Waals surface area contributed by atoms with Crippen molar-refractivity contribution in [1.29, 1.82) is 0 Å². The van der Waals surface area contributed by atoms with Crippen molar-refractivity contribution in [3.8, 4) is 0 Å². The van der Waals surface area contributed by atoms with Crippen molar-refractivity contribution < 1.29 is 14.0 Å². The Balaban J connectivity index is 2.50. The van der Waals surface area contributed by atoms with E-state index in [9.17, 15) is 14.0 Å². The summed E-state index contributed by atoms with van der Waals surface area (Å²) in [5.41, 5.74) is 0.139. The molecule has 0 aliphatic rings. The van der Waals surface area contributed by atoms with Crippen molar-refractivity contribution in [3.05, 3.63) is 40.7 Å². The van der Waals surface area contributed by atoms with Crippen LogP contribution >= 0.6 is 11.6 Å². The molecule has 108 valence electrons. The lowest BCUT2D eigenvalue weighted by atomic mass is 10.2. The van der Waals surface area contributed by atoms with Gasteiger partial charge in [-0.3, -0.25) is 9.59 Å². The first-order valence-corrected chi connectivity index (χ1v) is 6.59. The van der Waals surface area contributed by atoms with E-state index in [-0.39, 0.29) is 23.0 Å². The summed E-state index contributed by atoms with van der Waals surface area (Å²) in [6.07, 6.45) is 3.24. The Bertz CT molecular complexity index is 498. The molecule has 0 bridgehead atoms. The molecule has 0 spiro atoms. The SMILES string of the molecule is CCCNC(=O)CNC(=O)/C=C/c1c(F)cccc1Cl. The van der Waals surface area contributed by atoms with Gasteiger partial charge in [0, 0.05) is 18.2 Å². The molecule has 0 fully saturated rings. The lowest BCUT2D eigenvalue weighted by molar-refractivity contribution is -0.123. The molecule has 0 aliphatic carbocycles. The number of nitrogens with one attached hydrogen (secondary N) is 2. The fraction of sp³-hybridized carbons (Fsp3) is 0.286. The molecule has 0 unspecified atom stereocenters. The van der Waals surface area contributed by atoms with E-state index < -0.39 is 11.7 Å². The van der Waals surface area contributed by atoms with Crippen LogP contribution in [0, 0.1) is 5.82 Å². The van der Waals surface area contributed by atoms with Gasteiger partial charge in [-0.15, -0.1) is 0 Å². The van der Waals surface area contributed by atoms with Crippen molar-refractivity contribution in [2.45, 2.75) is 13.3 Å². The third kappa shape index (κ3) is 5.40. The van der Waals surface area contributed by atoms with Crippen LogP contribution in [0.5, 0.6) is 0 Å². The third-order valence-electron chi connectivity index (χ3n) is 2.40. The molecule has 6 heteroatoms. The molecule has 0 saturated heterocycles. The van der Waals surface area contributed by atoms with Crippen LogP contribution in [0.4, 0.5) is 4.39 Å². The largest absolute Gasteiger partial charge is 0.355 e. The summed E-state index contributed by atoms with van der Waals surface area (Å²) in [4.78, 5) is 22.7. The highest BCUT2D eigenvalue weighted by Gasteiger charge is 2.05. The van der Waals surface area contributed by atoms with Gasteiger partial charge in [-0.2, -0.15) is 0 Å². The molecular weight excluding hydrogens is 283 g/mol. The summed E-state index contributed by atoms with van der Waals surface area (Å²) in [5.74, 6) is -1.27. The van der Waals surface area contributed by atoms with Gasteiger partial charge in [-0.1, -0.05) is 24.6 Å². The number of halogens is 2. The molecule has 20 heavy (non-hydrogen) atoms. The van der Waals surface area contributed by atoms with E-state index in [1.165, 1.54) is 24.3 Å². The quantitative estimate of drug-likeness (QED) is 0.791. The fourth-order valence-electron chi connectivity index (χ4n) is 1.38. The Morgan fingerprint density at radius 2 is 2.10 bits per heavy atom. The number of rotatable bonds is 6. The van der Waals surface area contributed by atoms with Crippen LogP contribution in [-0.4, -0.2) is 24.9 Å². The zero-order valence-corrected chi connectivity index (χ0v) is 11.8. The van der Waals surface area contributed by atoms with Gasteiger partial charge in [-0.05, 0) is 24.6 Å². The molecule has 0 radical (unpaired) electrons. The lowest BCUT2D eigenvalue weighted by Gasteiger charge is -2.04. The van der Waals surface area contributed by atoms with Crippen molar-refractivity contribution >= 4 is 29.5 Å². The standard InChI is InChI=1S/C14H16ClFN2O2/c1-2-8-17-14(20)9-18-13(19)7-6-10-11(15)4-3-5-12(10)16/h3-7H,2,8-9H2,1H3,(H,17,20)(H,18,19)/b7-6+. The van der Waals surface area contributed by atoms with Gasteiger partial charge < -0.3 is 10.6 Å². The topological polar surface area (TPSA) is 58.2 Å². The Labute approximate surface area is 122 Å². The summed E-state index contributed by atoms with van der Waals surface area (Å²) in [6, 6.07) is 4.26. The second-order valence-electron chi connectivity index (χ2n) is 4.04. The van der Waals surface area contributed by atoms with Crippen molar-refractivity contribution in [2.24, 2.45) is 0 Å². The molecule has 1 rings (SSSR count). The average molecular weight is 299 g/mol. The summed E-state index contributed by atoms with van der Waals surface area (Å²) < 4.78 is 13.4. The highest BCUT2D eigenvalue weighted by Crippen LogP contribution is 2.20. The second kappa shape index (κ2) is 8.32. The first kappa shape index (κ1) is 16.2. The Hall–Kier alpha value is -1.88. The van der Waals surface area contributed by atoms with E-state index in [4.69, 9.17) is 11.6 Å². The predicted molar refractivity (Wildman–Crippen MR) is 76.8 cm³/mol. The molecule has 0 aliphatic heterocycles. The van der Waals surface area contributed by atoms with Gasteiger partial charge in [0.1, 0.15) is 5.82 Å². The molecule has 0 atom stereocenters. The second-order valence-corrected chi connectivity index (χ2v) is 4.44. The highest BCUT2D eigenvalue weighted by atomic mass is 35.5. The first-order valence-electron chi connectivity index (χ1n) is 6.21. The zero-order valence-electron chi connectivity index (χ0n) is 11.1. The number of hydrogen-bond acceptors (Lipinski definition) is 2. The maximum Gasteiger partial charge on any atom is 0.244 e. The lowest BCUT2D eigenvalue weighted by Crippen LogP contribution is -2.36. The van der Waals surface area contributed by atoms with E-state index >= 15 is 0 Å². The summed E-state index contributed by atoms with van der Waals surface area (Å²) in [6.45, 7) is 2.38. The van der Waals surface area contributed by atoms with Gasteiger partial charge in [-0.25, -0.2) is 4.39 Å². The smallest absolute Gasteiger partial charge is 0.244 e. The maximum absolute atomic E-state index is 13.4. The van der Waals surface area contributed by atoms with Crippen molar-refractivity contribution in [1.82, 2.24) is 10.6 Å². The van der Waals surface area contributed by atoms with E-state index in [1.54, 1.807) is 0 Å². The monoisotopic (exact) mass is 298 g/mol. The number of carbonyl (C=O) groups is 2. The maximum atomic E-state index is 13.4. The molecule has 0 aromatic heterocycles. The molecule has 2 N–H and O–H groups in total. The van der Waals surface area contributed by atoms with Crippen LogP contribution in [-0.2, 0) is 9.59 Å². The summed E-state index contributed by atoms with van der Waals surface area (Å²) in [5, 5.41) is 5.24. The van der Waals surface area contributed by atoms with Gasteiger partial charge >= 0.3 is 0 Å². The van der Waals surface area contributed by atoms with Crippen molar-refractivity contribution in [3.63, 3.8) is 0 Å². The minimum atomic E-state index is -0.512. The van der Waals surface area contributed by atoms with E-state index in [2.05, 4.69) is 10.6 Å². The average Bonchev–Trinajstić information content (AvgIpc) is 2.42. The minimum Gasteiger partial charge on any atom is -0.355 e. The van der Waals surface area contributed by atoms with Crippen LogP contribution in [0.1, 0.15) is 18.9 Å². The van der Waals surface area contributed by atoms with Crippen molar-refractivity contribution in [2.75, 3.05) is 13.1 Å². The molecule has 1 aromatic carbocycles. The van der Waals surface area contributed by atoms with Crippen LogP contribution in [0.25, 0.3) is 6.08 Å². The Morgan fingerprint density at radius 3 is 2.75 bits per heavy atom. The molecule has 0 saturated carbocycles.